The Kier molecular flexibility index (Phi) is 4.01. The van der Waals surface area contributed by atoms with Crippen LogP contribution in [0.3, 0.4) is 0 Å². The fraction of sp³-hybridized carbons (Fsp3) is 0.579. The highest BCUT2D eigenvalue weighted by Crippen LogP contribution is 2.46. The molecule has 1 amide bonds. The van der Waals surface area contributed by atoms with E-state index in [0.29, 0.717) is 22.8 Å². The maximum absolute atomic E-state index is 12.5. The Morgan fingerprint density at radius 1 is 1.29 bits per heavy atom. The van der Waals surface area contributed by atoms with Gasteiger partial charge in [-0.05, 0) is 12.8 Å². The predicted molar refractivity (Wildman–Crippen MR) is 107 cm³/mol. The van der Waals surface area contributed by atoms with Crippen molar-refractivity contribution < 1.29 is 4.79 Å². The van der Waals surface area contributed by atoms with Gasteiger partial charge in [0.1, 0.15) is 5.02 Å². The van der Waals surface area contributed by atoms with Crippen molar-refractivity contribution in [2.45, 2.75) is 19.8 Å². The van der Waals surface area contributed by atoms with E-state index in [-0.39, 0.29) is 11.3 Å². The highest BCUT2D eigenvalue weighted by molar-refractivity contribution is 6.32. The molecule has 0 bridgehead atoms. The second-order valence-corrected chi connectivity index (χ2v) is 9.02. The zero-order valence-electron chi connectivity index (χ0n) is 16.1. The lowest BCUT2D eigenvalue weighted by Gasteiger charge is -2.26. The van der Waals surface area contributed by atoms with E-state index in [1.165, 1.54) is 0 Å². The first kappa shape index (κ1) is 17.7. The monoisotopic (exact) mass is 401 g/mol. The van der Waals surface area contributed by atoms with Crippen LogP contribution in [-0.4, -0.2) is 56.7 Å². The molecule has 148 valence electrons. The van der Waals surface area contributed by atoms with Crippen molar-refractivity contribution in [3.8, 4) is 0 Å². The Morgan fingerprint density at radius 2 is 2.11 bits per heavy atom. The Bertz CT molecular complexity index is 927. The minimum Gasteiger partial charge on any atom is -0.354 e. The summed E-state index contributed by atoms with van der Waals surface area (Å²) in [5.74, 6) is 2.33. The van der Waals surface area contributed by atoms with Crippen LogP contribution in [0.15, 0.2) is 18.6 Å². The smallest absolute Gasteiger partial charge is 0.229 e. The molecule has 0 unspecified atom stereocenters. The van der Waals surface area contributed by atoms with Crippen molar-refractivity contribution in [3.05, 3.63) is 23.6 Å². The largest absolute Gasteiger partial charge is 0.354 e. The van der Waals surface area contributed by atoms with Gasteiger partial charge in [0, 0.05) is 56.7 Å². The lowest BCUT2D eigenvalue weighted by atomic mass is 9.83. The Balaban J connectivity index is 1.32. The fourth-order valence-electron chi connectivity index (χ4n) is 4.51. The summed E-state index contributed by atoms with van der Waals surface area (Å²) in [5.41, 5.74) is 0.908. The first-order valence-corrected chi connectivity index (χ1v) is 10.1. The minimum atomic E-state index is 0.0791. The van der Waals surface area contributed by atoms with Gasteiger partial charge in [0.15, 0.2) is 5.82 Å². The second kappa shape index (κ2) is 6.34. The number of carbonyl (C=O) groups excluding carboxylic acids is 1. The summed E-state index contributed by atoms with van der Waals surface area (Å²) < 4.78 is 1.72. The van der Waals surface area contributed by atoms with Crippen molar-refractivity contribution in [2.24, 2.45) is 24.3 Å². The first-order chi connectivity index (χ1) is 13.4. The molecular weight excluding hydrogens is 378 g/mol. The van der Waals surface area contributed by atoms with Crippen molar-refractivity contribution in [2.75, 3.05) is 36.4 Å². The van der Waals surface area contributed by atoms with Crippen molar-refractivity contribution in [1.82, 2.24) is 24.6 Å². The van der Waals surface area contributed by atoms with E-state index in [0.717, 1.165) is 50.5 Å². The normalized spacial score (nSPS) is 26.6. The van der Waals surface area contributed by atoms with Crippen LogP contribution in [0.25, 0.3) is 0 Å². The van der Waals surface area contributed by atoms with E-state index in [4.69, 9.17) is 11.6 Å². The van der Waals surface area contributed by atoms with Gasteiger partial charge in [0.2, 0.25) is 11.9 Å². The first-order valence-electron chi connectivity index (χ1n) is 9.73. The van der Waals surface area contributed by atoms with Gasteiger partial charge in [-0.25, -0.2) is 4.98 Å². The maximum Gasteiger partial charge on any atom is 0.229 e. The quantitative estimate of drug-likeness (QED) is 0.846. The summed E-state index contributed by atoms with van der Waals surface area (Å²) in [4.78, 5) is 25.7. The van der Waals surface area contributed by atoms with Crippen molar-refractivity contribution in [1.29, 1.82) is 0 Å². The van der Waals surface area contributed by atoms with E-state index >= 15 is 0 Å². The van der Waals surface area contributed by atoms with Crippen LogP contribution in [0.5, 0.6) is 0 Å². The SMILES string of the molecule is Cn1cc(Nc2ncc(Cl)c(N3C[C@@H]4CN(C(=O)C5CC5)C[C@]4(C)C3)n2)cn1. The molecule has 2 atom stereocenters. The Labute approximate surface area is 168 Å². The maximum atomic E-state index is 12.5. The summed E-state index contributed by atoms with van der Waals surface area (Å²) in [5, 5.41) is 7.87. The predicted octanol–water partition coefficient (Wildman–Crippen LogP) is 2.30. The number of rotatable bonds is 4. The molecule has 1 N–H and O–H groups in total. The molecule has 9 heteroatoms. The lowest BCUT2D eigenvalue weighted by Crippen LogP contribution is -2.36. The number of aryl methyl sites for hydroxylation is 1. The number of anilines is 3. The minimum absolute atomic E-state index is 0.0791. The highest BCUT2D eigenvalue weighted by Gasteiger charge is 2.52. The molecule has 3 aliphatic rings. The van der Waals surface area contributed by atoms with Gasteiger partial charge < -0.3 is 15.1 Å². The topological polar surface area (TPSA) is 79.2 Å². The average Bonchev–Trinajstić information content (AvgIpc) is 3.24. The molecule has 5 rings (SSSR count). The molecule has 2 aliphatic heterocycles. The molecule has 8 nitrogen and oxygen atoms in total. The zero-order valence-corrected chi connectivity index (χ0v) is 16.9. The number of nitrogens with one attached hydrogen (secondary N) is 1. The van der Waals surface area contributed by atoms with Crippen LogP contribution in [0, 0.1) is 17.3 Å². The summed E-state index contributed by atoms with van der Waals surface area (Å²) in [6, 6.07) is 0. The van der Waals surface area contributed by atoms with Gasteiger partial charge >= 0.3 is 0 Å². The molecule has 2 aromatic rings. The van der Waals surface area contributed by atoms with Gasteiger partial charge in [0.05, 0.1) is 18.1 Å². The summed E-state index contributed by atoms with van der Waals surface area (Å²) in [7, 11) is 1.86. The van der Waals surface area contributed by atoms with E-state index in [1.54, 1.807) is 17.1 Å². The number of likely N-dealkylation sites (tertiary alicyclic amines) is 1. The van der Waals surface area contributed by atoms with E-state index < -0.39 is 0 Å². The Morgan fingerprint density at radius 3 is 2.79 bits per heavy atom. The van der Waals surface area contributed by atoms with E-state index in [1.807, 2.05) is 13.2 Å². The number of halogens is 1. The van der Waals surface area contributed by atoms with Gasteiger partial charge in [0.25, 0.3) is 0 Å². The summed E-state index contributed by atoms with van der Waals surface area (Å²) in [6.45, 7) is 5.64. The molecule has 0 radical (unpaired) electrons. The molecule has 3 fully saturated rings. The third-order valence-corrected chi connectivity index (χ3v) is 6.46. The molecule has 1 saturated carbocycles. The average molecular weight is 402 g/mol. The number of fused-ring (bicyclic) bond motifs is 1. The molecule has 2 saturated heterocycles. The van der Waals surface area contributed by atoms with Gasteiger partial charge in [-0.1, -0.05) is 18.5 Å². The molecular formula is C19H24ClN7O. The number of aromatic nitrogens is 4. The van der Waals surface area contributed by atoms with Crippen LogP contribution < -0.4 is 10.2 Å². The fourth-order valence-corrected chi connectivity index (χ4v) is 4.72. The third kappa shape index (κ3) is 3.09. The van der Waals surface area contributed by atoms with Gasteiger partial charge in [-0.3, -0.25) is 9.48 Å². The lowest BCUT2D eigenvalue weighted by molar-refractivity contribution is -0.131. The van der Waals surface area contributed by atoms with Crippen LogP contribution in [-0.2, 0) is 11.8 Å². The van der Waals surface area contributed by atoms with Crippen LogP contribution in [0.1, 0.15) is 19.8 Å². The standard InChI is InChI=1S/C19H24ClN7O/c1-19-10-26(7-13(19)8-27(11-19)17(28)12-3-4-12)16-15(20)6-21-18(24-16)23-14-5-22-25(2)9-14/h5-6,9,12-13H,3-4,7-8,10-11H2,1-2H3,(H,21,23,24)/t13-,19+/m1/s1. The van der Waals surface area contributed by atoms with Crippen molar-refractivity contribution >= 4 is 35.0 Å². The van der Waals surface area contributed by atoms with E-state index in [2.05, 4.69) is 37.1 Å². The molecule has 1 aliphatic carbocycles. The van der Waals surface area contributed by atoms with Gasteiger partial charge in [-0.2, -0.15) is 10.1 Å². The molecule has 4 heterocycles. The highest BCUT2D eigenvalue weighted by atomic mass is 35.5. The zero-order chi connectivity index (χ0) is 19.5. The molecule has 2 aromatic heterocycles. The van der Waals surface area contributed by atoms with Gasteiger partial charge in [-0.15, -0.1) is 0 Å². The summed E-state index contributed by atoms with van der Waals surface area (Å²) >= 11 is 6.44. The van der Waals surface area contributed by atoms with Crippen molar-refractivity contribution in [3.63, 3.8) is 0 Å². The van der Waals surface area contributed by atoms with Crippen LogP contribution in [0.4, 0.5) is 17.5 Å². The number of hydrogen-bond acceptors (Lipinski definition) is 6. The number of hydrogen-bond donors (Lipinski definition) is 1. The van der Waals surface area contributed by atoms with E-state index in [9.17, 15) is 4.79 Å². The van der Waals surface area contributed by atoms with Crippen LogP contribution >= 0.6 is 11.6 Å². The summed E-state index contributed by atoms with van der Waals surface area (Å²) in [6.07, 6.45) is 7.36. The van der Waals surface area contributed by atoms with Crippen LogP contribution in [0.2, 0.25) is 5.02 Å². The molecule has 28 heavy (non-hydrogen) atoms. The number of carbonyl (C=O) groups is 1. The molecule has 0 spiro atoms. The molecule has 0 aromatic carbocycles. The number of amides is 1. The third-order valence-electron chi connectivity index (χ3n) is 6.20. The second-order valence-electron chi connectivity index (χ2n) is 8.62. The Hall–Kier alpha value is -2.35. The number of nitrogens with zero attached hydrogens (tertiary/aromatic N) is 6.